The Morgan fingerprint density at radius 3 is 2.87 bits per heavy atom. The molecule has 0 saturated carbocycles. The van der Waals surface area contributed by atoms with Crippen LogP contribution in [0.15, 0.2) is 18.2 Å². The number of hydrogen-bond acceptors (Lipinski definition) is 2. The van der Waals surface area contributed by atoms with Gasteiger partial charge < -0.3 is 10.1 Å². The lowest BCUT2D eigenvalue weighted by Crippen LogP contribution is -2.30. The first-order chi connectivity index (χ1) is 7.25. The molecule has 0 spiro atoms. The van der Waals surface area contributed by atoms with Crippen LogP contribution in [0.5, 0.6) is 0 Å². The van der Waals surface area contributed by atoms with Crippen LogP contribution in [0.1, 0.15) is 24.0 Å². The van der Waals surface area contributed by atoms with Crippen molar-refractivity contribution in [3.63, 3.8) is 0 Å². The second kappa shape index (κ2) is 4.67. The fourth-order valence-electron chi connectivity index (χ4n) is 2.05. The third-order valence-corrected chi connectivity index (χ3v) is 2.90. The van der Waals surface area contributed by atoms with E-state index in [2.05, 4.69) is 37.4 Å². The first-order valence-electron chi connectivity index (χ1n) is 5.67. The van der Waals surface area contributed by atoms with E-state index in [1.54, 1.807) is 0 Å². The van der Waals surface area contributed by atoms with Crippen molar-refractivity contribution >= 4 is 5.69 Å². The number of rotatable bonds is 2. The third kappa shape index (κ3) is 2.72. The van der Waals surface area contributed by atoms with E-state index in [1.807, 2.05) is 0 Å². The monoisotopic (exact) mass is 205 g/mol. The molecule has 2 heteroatoms. The van der Waals surface area contributed by atoms with Crippen molar-refractivity contribution in [1.82, 2.24) is 0 Å². The SMILES string of the molecule is Cc1ccc(NC2CCCOC2)c(C)c1. The van der Waals surface area contributed by atoms with Crippen LogP contribution in [0, 0.1) is 13.8 Å². The smallest absolute Gasteiger partial charge is 0.0667 e. The highest BCUT2D eigenvalue weighted by Crippen LogP contribution is 2.19. The minimum Gasteiger partial charge on any atom is -0.380 e. The average molecular weight is 205 g/mol. The number of aryl methyl sites for hydroxylation is 2. The van der Waals surface area contributed by atoms with Gasteiger partial charge in [-0.15, -0.1) is 0 Å². The fourth-order valence-corrected chi connectivity index (χ4v) is 2.05. The van der Waals surface area contributed by atoms with Gasteiger partial charge in [-0.2, -0.15) is 0 Å². The second-order valence-electron chi connectivity index (χ2n) is 4.38. The Kier molecular flexibility index (Phi) is 3.27. The molecule has 0 radical (unpaired) electrons. The second-order valence-corrected chi connectivity index (χ2v) is 4.38. The summed E-state index contributed by atoms with van der Waals surface area (Å²) in [7, 11) is 0. The molecule has 1 aliphatic rings. The van der Waals surface area contributed by atoms with Gasteiger partial charge in [0.1, 0.15) is 0 Å². The maximum absolute atomic E-state index is 5.46. The standard InChI is InChI=1S/C13H19NO/c1-10-5-6-13(11(2)8-10)14-12-4-3-7-15-9-12/h5-6,8,12,14H,3-4,7,9H2,1-2H3. The lowest BCUT2D eigenvalue weighted by atomic mass is 10.1. The summed E-state index contributed by atoms with van der Waals surface area (Å²) in [6.45, 7) is 6.04. The van der Waals surface area contributed by atoms with Crippen LogP contribution in [0.3, 0.4) is 0 Å². The normalized spacial score (nSPS) is 21.3. The summed E-state index contributed by atoms with van der Waals surface area (Å²) in [6, 6.07) is 7.02. The molecule has 2 rings (SSSR count). The van der Waals surface area contributed by atoms with Crippen LogP contribution in [0.25, 0.3) is 0 Å². The number of hydrogen-bond donors (Lipinski definition) is 1. The van der Waals surface area contributed by atoms with Gasteiger partial charge in [-0.1, -0.05) is 17.7 Å². The molecular formula is C13H19NO. The highest BCUT2D eigenvalue weighted by Gasteiger charge is 2.13. The van der Waals surface area contributed by atoms with E-state index in [-0.39, 0.29) is 0 Å². The predicted octanol–water partition coefficient (Wildman–Crippen LogP) is 2.89. The zero-order valence-corrected chi connectivity index (χ0v) is 9.55. The molecule has 1 fully saturated rings. The van der Waals surface area contributed by atoms with E-state index >= 15 is 0 Å². The third-order valence-electron chi connectivity index (χ3n) is 2.90. The van der Waals surface area contributed by atoms with Crippen molar-refractivity contribution in [3.05, 3.63) is 29.3 Å². The molecule has 15 heavy (non-hydrogen) atoms. The van der Waals surface area contributed by atoms with E-state index in [0.717, 1.165) is 13.2 Å². The Morgan fingerprint density at radius 2 is 2.20 bits per heavy atom. The summed E-state index contributed by atoms with van der Waals surface area (Å²) in [5, 5.41) is 3.55. The van der Waals surface area contributed by atoms with E-state index in [0.29, 0.717) is 6.04 Å². The van der Waals surface area contributed by atoms with Gasteiger partial charge in [-0.05, 0) is 38.3 Å². The van der Waals surface area contributed by atoms with E-state index < -0.39 is 0 Å². The topological polar surface area (TPSA) is 21.3 Å². The molecule has 1 unspecified atom stereocenters. The molecule has 0 aromatic heterocycles. The highest BCUT2D eigenvalue weighted by atomic mass is 16.5. The van der Waals surface area contributed by atoms with Crippen molar-refractivity contribution in [3.8, 4) is 0 Å². The van der Waals surface area contributed by atoms with Gasteiger partial charge in [0.05, 0.1) is 6.61 Å². The van der Waals surface area contributed by atoms with Crippen LogP contribution < -0.4 is 5.32 Å². The Morgan fingerprint density at radius 1 is 1.33 bits per heavy atom. The summed E-state index contributed by atoms with van der Waals surface area (Å²) >= 11 is 0. The Labute approximate surface area is 91.6 Å². The Bertz CT molecular complexity index is 329. The van der Waals surface area contributed by atoms with Gasteiger partial charge >= 0.3 is 0 Å². The molecule has 1 aromatic rings. The lowest BCUT2D eigenvalue weighted by molar-refractivity contribution is 0.0876. The molecule has 82 valence electrons. The molecule has 1 aromatic carbocycles. The van der Waals surface area contributed by atoms with Crippen molar-refractivity contribution in [2.24, 2.45) is 0 Å². The summed E-state index contributed by atoms with van der Waals surface area (Å²) in [6.07, 6.45) is 2.38. The number of nitrogens with one attached hydrogen (secondary N) is 1. The molecule has 1 N–H and O–H groups in total. The van der Waals surface area contributed by atoms with E-state index in [4.69, 9.17) is 4.74 Å². The zero-order chi connectivity index (χ0) is 10.7. The average Bonchev–Trinajstić information content (AvgIpc) is 2.24. The van der Waals surface area contributed by atoms with Gasteiger partial charge in [-0.25, -0.2) is 0 Å². The molecule has 0 bridgehead atoms. The number of ether oxygens (including phenoxy) is 1. The molecule has 1 atom stereocenters. The maximum Gasteiger partial charge on any atom is 0.0667 e. The van der Waals surface area contributed by atoms with Gasteiger partial charge in [0, 0.05) is 18.3 Å². The van der Waals surface area contributed by atoms with Gasteiger partial charge in [0.15, 0.2) is 0 Å². The molecule has 0 aliphatic carbocycles. The molecule has 1 saturated heterocycles. The number of benzene rings is 1. The quantitative estimate of drug-likeness (QED) is 0.801. The van der Waals surface area contributed by atoms with Crippen LogP contribution in [0.2, 0.25) is 0 Å². The first kappa shape index (κ1) is 10.5. The minimum absolute atomic E-state index is 0.486. The van der Waals surface area contributed by atoms with Crippen LogP contribution in [0.4, 0.5) is 5.69 Å². The van der Waals surface area contributed by atoms with Crippen LogP contribution in [-0.2, 0) is 4.74 Å². The lowest BCUT2D eigenvalue weighted by Gasteiger charge is -2.25. The molecule has 1 heterocycles. The van der Waals surface area contributed by atoms with Gasteiger partial charge in [-0.3, -0.25) is 0 Å². The largest absolute Gasteiger partial charge is 0.380 e. The van der Waals surface area contributed by atoms with Crippen LogP contribution in [-0.4, -0.2) is 19.3 Å². The van der Waals surface area contributed by atoms with Crippen molar-refractivity contribution in [1.29, 1.82) is 0 Å². The Balaban J connectivity index is 2.03. The summed E-state index contributed by atoms with van der Waals surface area (Å²) in [4.78, 5) is 0. The summed E-state index contributed by atoms with van der Waals surface area (Å²) in [5.74, 6) is 0. The highest BCUT2D eigenvalue weighted by molar-refractivity contribution is 5.52. The predicted molar refractivity (Wildman–Crippen MR) is 63.4 cm³/mol. The van der Waals surface area contributed by atoms with Crippen molar-refractivity contribution < 1.29 is 4.74 Å². The summed E-state index contributed by atoms with van der Waals surface area (Å²) < 4.78 is 5.46. The van der Waals surface area contributed by atoms with E-state index in [1.165, 1.54) is 29.7 Å². The maximum atomic E-state index is 5.46. The zero-order valence-electron chi connectivity index (χ0n) is 9.55. The minimum atomic E-state index is 0.486. The van der Waals surface area contributed by atoms with Crippen molar-refractivity contribution in [2.75, 3.05) is 18.5 Å². The number of anilines is 1. The molecule has 1 aliphatic heterocycles. The Hall–Kier alpha value is -1.02. The van der Waals surface area contributed by atoms with Crippen molar-refractivity contribution in [2.45, 2.75) is 32.7 Å². The molecule has 2 nitrogen and oxygen atoms in total. The first-order valence-corrected chi connectivity index (χ1v) is 5.67. The van der Waals surface area contributed by atoms with E-state index in [9.17, 15) is 0 Å². The summed E-state index contributed by atoms with van der Waals surface area (Å²) in [5.41, 5.74) is 3.88. The fraction of sp³-hybridized carbons (Fsp3) is 0.538. The van der Waals surface area contributed by atoms with Crippen LogP contribution >= 0.6 is 0 Å². The molecule has 0 amide bonds. The van der Waals surface area contributed by atoms with Gasteiger partial charge in [0.25, 0.3) is 0 Å². The molecular weight excluding hydrogens is 186 g/mol. The van der Waals surface area contributed by atoms with Gasteiger partial charge in [0.2, 0.25) is 0 Å².